The molecule has 45 heavy (non-hydrogen) atoms. The number of alkyl carbamates (subject to hydrolysis) is 2. The summed E-state index contributed by atoms with van der Waals surface area (Å²) < 4.78 is 16.0. The zero-order valence-corrected chi connectivity index (χ0v) is 26.7. The number of aliphatic imine (C=N–C) groups is 1. The van der Waals surface area contributed by atoms with Gasteiger partial charge >= 0.3 is 24.3 Å². The summed E-state index contributed by atoms with van der Waals surface area (Å²) >= 11 is 6.45. The summed E-state index contributed by atoms with van der Waals surface area (Å²) in [5.74, 6) is -0.477. The molecule has 3 rings (SSSR count). The number of guanidine groups is 1. The molecule has 0 aliphatic carbocycles. The van der Waals surface area contributed by atoms with Crippen LogP contribution in [0.25, 0.3) is 0 Å². The standard InChI is InChI=1S/C32H36ClN3O6.CO2/c1-31(2,3)41-29(38)35-28(36-30(39)42-32(4,5)6)34-24-17-14-23(15-18-24)27(37)40-25-19-16-22(26(33)20-25)13-12-21-10-8-7-9-11-21;2-1-3/h7-11,14-20H,12-13H2,1-6H3,(H2,34,35,36,38,39);. The number of rotatable bonds is 6. The third-order valence-corrected chi connectivity index (χ3v) is 5.70. The van der Waals surface area contributed by atoms with E-state index in [0.717, 1.165) is 18.4 Å². The number of halogens is 1. The molecule has 0 unspecified atom stereocenters. The first kappa shape index (κ1) is 36.2. The van der Waals surface area contributed by atoms with E-state index in [4.69, 9.17) is 35.4 Å². The van der Waals surface area contributed by atoms with Crippen LogP contribution >= 0.6 is 11.6 Å². The summed E-state index contributed by atoms with van der Waals surface area (Å²) in [5, 5.41) is 5.34. The Labute approximate surface area is 266 Å². The highest BCUT2D eigenvalue weighted by molar-refractivity contribution is 6.31. The first-order valence-corrected chi connectivity index (χ1v) is 14.2. The molecule has 0 aliphatic heterocycles. The highest BCUT2D eigenvalue weighted by atomic mass is 35.5. The number of nitrogens with one attached hydrogen (secondary N) is 2. The third-order valence-electron chi connectivity index (χ3n) is 5.34. The molecule has 0 aromatic heterocycles. The van der Waals surface area contributed by atoms with Crippen LogP contribution in [-0.2, 0) is 31.9 Å². The zero-order chi connectivity index (χ0) is 33.6. The van der Waals surface area contributed by atoms with Gasteiger partial charge in [-0.2, -0.15) is 9.59 Å². The van der Waals surface area contributed by atoms with E-state index in [1.54, 1.807) is 53.7 Å². The molecule has 0 aliphatic rings. The van der Waals surface area contributed by atoms with Crippen molar-refractivity contribution >= 4 is 47.6 Å². The van der Waals surface area contributed by atoms with E-state index in [1.807, 2.05) is 24.3 Å². The van der Waals surface area contributed by atoms with Crippen LogP contribution in [0.4, 0.5) is 15.3 Å². The average molecular weight is 638 g/mol. The Balaban J connectivity index is 0.00000226. The van der Waals surface area contributed by atoms with Crippen LogP contribution in [0.1, 0.15) is 63.0 Å². The largest absolute Gasteiger partial charge is 0.444 e. The first-order chi connectivity index (χ1) is 21.1. The molecule has 0 radical (unpaired) electrons. The monoisotopic (exact) mass is 637 g/mol. The second-order valence-corrected chi connectivity index (χ2v) is 11.9. The number of nitrogens with zero attached hydrogens (tertiary/aromatic N) is 1. The summed E-state index contributed by atoms with van der Waals surface area (Å²) in [6.45, 7) is 10.2. The summed E-state index contributed by atoms with van der Waals surface area (Å²) in [5.41, 5.74) is 1.23. The van der Waals surface area contributed by atoms with Gasteiger partial charge in [0.1, 0.15) is 17.0 Å². The van der Waals surface area contributed by atoms with E-state index in [9.17, 15) is 14.4 Å². The molecule has 0 saturated heterocycles. The van der Waals surface area contributed by atoms with Crippen LogP contribution in [0.15, 0.2) is 77.8 Å². The van der Waals surface area contributed by atoms with E-state index < -0.39 is 29.4 Å². The molecule has 2 amide bonds. The maximum Gasteiger partial charge on any atom is 0.414 e. The van der Waals surface area contributed by atoms with Gasteiger partial charge in [-0.3, -0.25) is 10.6 Å². The van der Waals surface area contributed by atoms with E-state index >= 15 is 0 Å². The molecule has 0 spiro atoms. The quantitative estimate of drug-likeness (QED) is 0.130. The molecule has 0 atom stereocenters. The molecular formula is C33H36ClN3O8. The Kier molecular flexibility index (Phi) is 13.5. The van der Waals surface area contributed by atoms with Gasteiger partial charge in [-0.15, -0.1) is 0 Å². The summed E-state index contributed by atoms with van der Waals surface area (Å²) in [6, 6.07) is 21.4. The fourth-order valence-corrected chi connectivity index (χ4v) is 3.84. The number of ether oxygens (including phenoxy) is 3. The van der Waals surface area contributed by atoms with Crippen molar-refractivity contribution in [2.45, 2.75) is 65.6 Å². The molecule has 0 heterocycles. The number of amides is 2. The average Bonchev–Trinajstić information content (AvgIpc) is 2.92. The van der Waals surface area contributed by atoms with E-state index in [2.05, 4.69) is 27.8 Å². The molecule has 3 aromatic carbocycles. The lowest BCUT2D eigenvalue weighted by molar-refractivity contribution is -0.191. The lowest BCUT2D eigenvalue weighted by Gasteiger charge is -2.22. The SMILES string of the molecule is CC(C)(C)OC(=O)NC(=Nc1ccc(C(=O)Oc2ccc(CCc3ccccc3)c(Cl)c2)cc1)NC(=O)OC(C)(C)C.O=C=O. The van der Waals surface area contributed by atoms with Gasteiger partial charge < -0.3 is 14.2 Å². The predicted octanol–water partition coefficient (Wildman–Crippen LogP) is 6.80. The van der Waals surface area contributed by atoms with Gasteiger partial charge in [0.15, 0.2) is 0 Å². The Bertz CT molecular complexity index is 1490. The number of hydrogen-bond donors (Lipinski definition) is 2. The fourth-order valence-electron chi connectivity index (χ4n) is 3.57. The third kappa shape index (κ3) is 14.4. The van der Waals surface area contributed by atoms with Gasteiger partial charge in [-0.05, 0) is 102 Å². The Morgan fingerprint density at radius 3 is 1.80 bits per heavy atom. The number of carbonyl (C=O) groups is 3. The van der Waals surface area contributed by atoms with Crippen molar-refractivity contribution in [1.82, 2.24) is 10.6 Å². The Hall–Kier alpha value is -4.99. The van der Waals surface area contributed by atoms with E-state index in [0.29, 0.717) is 16.5 Å². The van der Waals surface area contributed by atoms with Crippen LogP contribution in [0.3, 0.4) is 0 Å². The van der Waals surface area contributed by atoms with Crippen LogP contribution in [0.5, 0.6) is 5.75 Å². The fraction of sp³-hybridized carbons (Fsp3) is 0.303. The van der Waals surface area contributed by atoms with Gasteiger partial charge in [0.05, 0.1) is 11.3 Å². The minimum Gasteiger partial charge on any atom is -0.444 e. The summed E-state index contributed by atoms with van der Waals surface area (Å²) in [6.07, 6.45) is 0.216. The van der Waals surface area contributed by atoms with Crippen LogP contribution in [0, 0.1) is 0 Å². The molecule has 0 bridgehead atoms. The Morgan fingerprint density at radius 1 is 0.778 bits per heavy atom. The Morgan fingerprint density at radius 2 is 1.31 bits per heavy atom. The van der Waals surface area contributed by atoms with Gasteiger partial charge in [-0.25, -0.2) is 19.4 Å². The van der Waals surface area contributed by atoms with Crippen molar-refractivity contribution in [2.75, 3.05) is 0 Å². The van der Waals surface area contributed by atoms with Gasteiger partial charge in [0.2, 0.25) is 5.96 Å². The predicted molar refractivity (Wildman–Crippen MR) is 168 cm³/mol. The first-order valence-electron chi connectivity index (χ1n) is 13.8. The van der Waals surface area contributed by atoms with Gasteiger partial charge in [-0.1, -0.05) is 48.0 Å². The number of benzene rings is 3. The molecule has 3 aromatic rings. The summed E-state index contributed by atoms with van der Waals surface area (Å²) in [7, 11) is 0. The van der Waals surface area contributed by atoms with Crippen molar-refractivity contribution in [3.63, 3.8) is 0 Å². The smallest absolute Gasteiger partial charge is 0.414 e. The van der Waals surface area contributed by atoms with Crippen LogP contribution < -0.4 is 15.4 Å². The molecular weight excluding hydrogens is 602 g/mol. The van der Waals surface area contributed by atoms with Crippen molar-refractivity contribution in [1.29, 1.82) is 0 Å². The lowest BCUT2D eigenvalue weighted by atomic mass is 10.0. The maximum atomic E-state index is 12.8. The highest BCUT2D eigenvalue weighted by Crippen LogP contribution is 2.25. The van der Waals surface area contributed by atoms with E-state index in [-0.39, 0.29) is 17.7 Å². The second-order valence-electron chi connectivity index (χ2n) is 11.5. The molecule has 12 heteroatoms. The van der Waals surface area contributed by atoms with Crippen molar-refractivity contribution in [3.8, 4) is 5.75 Å². The van der Waals surface area contributed by atoms with Crippen LogP contribution in [0.2, 0.25) is 5.02 Å². The van der Waals surface area contributed by atoms with Crippen LogP contribution in [-0.4, -0.2) is 41.5 Å². The van der Waals surface area contributed by atoms with Gasteiger partial charge in [0.25, 0.3) is 0 Å². The minimum absolute atomic E-state index is 0.212. The molecule has 11 nitrogen and oxygen atoms in total. The normalized spacial score (nSPS) is 10.6. The number of carbonyl (C=O) groups excluding carboxylic acids is 5. The molecule has 0 saturated carbocycles. The topological polar surface area (TPSA) is 149 Å². The second kappa shape index (κ2) is 16.7. The lowest BCUT2D eigenvalue weighted by Crippen LogP contribution is -2.47. The van der Waals surface area contributed by atoms with Gasteiger partial charge in [0, 0.05) is 5.02 Å². The van der Waals surface area contributed by atoms with Crippen molar-refractivity contribution in [3.05, 3.63) is 94.5 Å². The molecule has 238 valence electrons. The molecule has 0 fully saturated rings. The number of hydrogen-bond acceptors (Lipinski definition) is 9. The maximum absolute atomic E-state index is 12.8. The van der Waals surface area contributed by atoms with Crippen molar-refractivity contribution < 1.29 is 38.2 Å². The number of esters is 1. The highest BCUT2D eigenvalue weighted by Gasteiger charge is 2.21. The molecule has 2 N–H and O–H groups in total. The minimum atomic E-state index is -0.817. The summed E-state index contributed by atoms with van der Waals surface area (Å²) in [4.78, 5) is 57.9. The van der Waals surface area contributed by atoms with E-state index in [1.165, 1.54) is 29.8 Å². The zero-order valence-electron chi connectivity index (χ0n) is 25.9. The number of aryl methyl sites for hydroxylation is 2. The van der Waals surface area contributed by atoms with Crippen molar-refractivity contribution in [2.24, 2.45) is 4.99 Å².